The minimum Gasteiger partial charge on any atom is -0.494 e. The molecule has 3 aromatic rings. The van der Waals surface area contributed by atoms with E-state index in [0.29, 0.717) is 28.6 Å². The number of benzene rings is 2. The molecule has 0 spiro atoms. The summed E-state index contributed by atoms with van der Waals surface area (Å²) in [6.45, 7) is 2.36. The maximum Gasteiger partial charge on any atom is 0.248 e. The highest BCUT2D eigenvalue weighted by atomic mass is 35.5. The molecule has 28 heavy (non-hydrogen) atoms. The molecule has 0 unspecified atom stereocenters. The molecule has 0 saturated carbocycles. The van der Waals surface area contributed by atoms with E-state index in [4.69, 9.17) is 16.3 Å². The lowest BCUT2D eigenvalue weighted by atomic mass is 10.2. The highest BCUT2D eigenvalue weighted by Gasteiger charge is 2.12. The van der Waals surface area contributed by atoms with Gasteiger partial charge in [-0.2, -0.15) is 5.10 Å². The third kappa shape index (κ3) is 4.58. The Morgan fingerprint density at radius 2 is 2.04 bits per heavy atom. The highest BCUT2D eigenvalue weighted by Crippen LogP contribution is 2.23. The fourth-order valence-electron chi connectivity index (χ4n) is 2.70. The fourth-order valence-corrected chi connectivity index (χ4v) is 3.00. The van der Waals surface area contributed by atoms with Crippen molar-refractivity contribution in [3.63, 3.8) is 0 Å². The van der Waals surface area contributed by atoms with Crippen LogP contribution in [-0.4, -0.2) is 22.8 Å². The van der Waals surface area contributed by atoms with Crippen molar-refractivity contribution in [3.05, 3.63) is 82.4 Å². The number of amides is 1. The zero-order valence-electron chi connectivity index (χ0n) is 15.4. The van der Waals surface area contributed by atoms with Gasteiger partial charge in [0, 0.05) is 23.4 Å². The van der Waals surface area contributed by atoms with E-state index in [2.05, 4.69) is 10.4 Å². The number of ether oxygens (including phenoxy) is 1. The number of nitrogens with zero attached hydrogens (tertiary/aromatic N) is 2. The lowest BCUT2D eigenvalue weighted by molar-refractivity contribution is -0.111. The molecule has 0 saturated heterocycles. The number of methoxy groups -OCH3 is 1. The predicted octanol–water partition coefficient (Wildman–Crippen LogP) is 4.69. The number of rotatable bonds is 6. The van der Waals surface area contributed by atoms with Gasteiger partial charge in [0.15, 0.2) is 11.6 Å². The van der Waals surface area contributed by atoms with Crippen LogP contribution in [0.5, 0.6) is 5.75 Å². The summed E-state index contributed by atoms with van der Waals surface area (Å²) < 4.78 is 20.3. The van der Waals surface area contributed by atoms with Crippen molar-refractivity contribution in [1.29, 1.82) is 0 Å². The summed E-state index contributed by atoms with van der Waals surface area (Å²) in [4.78, 5) is 12.2. The first kappa shape index (κ1) is 19.6. The average Bonchev–Trinajstić information content (AvgIpc) is 2.94. The van der Waals surface area contributed by atoms with Crippen LogP contribution in [0.3, 0.4) is 0 Å². The summed E-state index contributed by atoms with van der Waals surface area (Å²) in [5, 5.41) is 7.48. The van der Waals surface area contributed by atoms with E-state index in [1.807, 2.05) is 37.3 Å². The normalized spacial score (nSPS) is 11.0. The summed E-state index contributed by atoms with van der Waals surface area (Å²) >= 11 is 6.43. The first-order valence-corrected chi connectivity index (χ1v) is 8.95. The Morgan fingerprint density at radius 1 is 1.29 bits per heavy atom. The number of aryl methyl sites for hydroxylation is 1. The van der Waals surface area contributed by atoms with Crippen LogP contribution in [0.2, 0.25) is 5.15 Å². The number of nitrogens with one attached hydrogen (secondary N) is 1. The van der Waals surface area contributed by atoms with Crippen molar-refractivity contribution in [3.8, 4) is 5.75 Å². The van der Waals surface area contributed by atoms with E-state index in [1.54, 1.807) is 16.8 Å². The number of hydrogen-bond donors (Lipinski definition) is 1. The van der Waals surface area contributed by atoms with Gasteiger partial charge in [0.05, 0.1) is 19.3 Å². The molecule has 1 heterocycles. The second-order valence-electron chi connectivity index (χ2n) is 6.11. The predicted molar refractivity (Wildman–Crippen MR) is 108 cm³/mol. The lowest BCUT2D eigenvalue weighted by Crippen LogP contribution is -2.08. The fraction of sp³-hybridized carbons (Fsp3) is 0.143. The van der Waals surface area contributed by atoms with Crippen molar-refractivity contribution < 1.29 is 13.9 Å². The molecule has 0 aliphatic carbocycles. The second-order valence-corrected chi connectivity index (χ2v) is 6.46. The number of aromatic nitrogens is 2. The summed E-state index contributed by atoms with van der Waals surface area (Å²) in [6.07, 6.45) is 2.94. The van der Waals surface area contributed by atoms with Crippen molar-refractivity contribution >= 4 is 29.3 Å². The molecule has 0 aliphatic heterocycles. The molecule has 0 atom stereocenters. The van der Waals surface area contributed by atoms with Gasteiger partial charge in [-0.15, -0.1) is 0 Å². The molecule has 7 heteroatoms. The van der Waals surface area contributed by atoms with Gasteiger partial charge in [0.2, 0.25) is 5.91 Å². The maximum atomic E-state index is 13.7. The van der Waals surface area contributed by atoms with Crippen molar-refractivity contribution in [2.24, 2.45) is 0 Å². The molecule has 1 aromatic heterocycles. The van der Waals surface area contributed by atoms with E-state index in [9.17, 15) is 9.18 Å². The van der Waals surface area contributed by atoms with Crippen LogP contribution in [0.25, 0.3) is 6.08 Å². The molecule has 0 fully saturated rings. The van der Waals surface area contributed by atoms with Gasteiger partial charge in [-0.1, -0.05) is 41.9 Å². The average molecular weight is 400 g/mol. The molecule has 5 nitrogen and oxygen atoms in total. The van der Waals surface area contributed by atoms with Gasteiger partial charge >= 0.3 is 0 Å². The third-order valence-electron chi connectivity index (χ3n) is 4.11. The Morgan fingerprint density at radius 3 is 2.71 bits per heavy atom. The molecule has 0 bridgehead atoms. The Bertz CT molecular complexity index is 1020. The monoisotopic (exact) mass is 399 g/mol. The Hall–Kier alpha value is -3.12. The van der Waals surface area contributed by atoms with Crippen LogP contribution in [0, 0.1) is 12.7 Å². The first-order chi connectivity index (χ1) is 13.5. The lowest BCUT2D eigenvalue weighted by Gasteiger charge is -2.05. The van der Waals surface area contributed by atoms with Crippen LogP contribution in [0.4, 0.5) is 10.1 Å². The number of halogens is 2. The van der Waals surface area contributed by atoms with Gasteiger partial charge in [-0.25, -0.2) is 9.07 Å². The number of anilines is 1. The second kappa shape index (κ2) is 8.71. The zero-order valence-corrected chi connectivity index (χ0v) is 16.2. The minimum atomic E-state index is -0.551. The quantitative estimate of drug-likeness (QED) is 0.611. The number of carbonyl (C=O) groups excluding carboxylic acids is 1. The van der Waals surface area contributed by atoms with Crippen molar-refractivity contribution in [1.82, 2.24) is 9.78 Å². The summed E-state index contributed by atoms with van der Waals surface area (Å²) in [6, 6.07) is 14.0. The highest BCUT2D eigenvalue weighted by molar-refractivity contribution is 6.31. The number of carbonyl (C=O) groups is 1. The van der Waals surface area contributed by atoms with E-state index >= 15 is 0 Å². The molecule has 144 valence electrons. The van der Waals surface area contributed by atoms with Crippen LogP contribution >= 0.6 is 11.6 Å². The molecule has 2 aromatic carbocycles. The summed E-state index contributed by atoms with van der Waals surface area (Å²) in [5.41, 5.74) is 2.77. The Labute approximate surface area is 167 Å². The SMILES string of the molecule is COc1ccc(NC(=O)/C=C/c2c(C)nn(Cc3ccccc3)c2Cl)cc1F. The van der Waals surface area contributed by atoms with Crippen LogP contribution in [0.15, 0.2) is 54.6 Å². The van der Waals surface area contributed by atoms with E-state index in [1.165, 1.54) is 25.3 Å². The standard InChI is InChI=1S/C21H19ClFN3O2/c1-14-17(21(22)26(25-14)13-15-6-4-3-5-7-15)9-11-20(27)24-16-8-10-19(28-2)18(23)12-16/h3-12H,13H2,1-2H3,(H,24,27)/b11-9+. The molecule has 1 amide bonds. The van der Waals surface area contributed by atoms with Gasteiger partial charge in [0.25, 0.3) is 0 Å². The van der Waals surface area contributed by atoms with E-state index in [0.717, 1.165) is 5.56 Å². The summed E-state index contributed by atoms with van der Waals surface area (Å²) in [5.74, 6) is -0.844. The van der Waals surface area contributed by atoms with Gasteiger partial charge in [0.1, 0.15) is 5.15 Å². The molecular formula is C21H19ClFN3O2. The van der Waals surface area contributed by atoms with Crippen LogP contribution in [-0.2, 0) is 11.3 Å². The largest absolute Gasteiger partial charge is 0.494 e. The molecule has 3 rings (SSSR count). The molecule has 1 N–H and O–H groups in total. The van der Waals surface area contributed by atoms with Crippen LogP contribution in [0.1, 0.15) is 16.8 Å². The topological polar surface area (TPSA) is 56.1 Å². The molecule has 0 radical (unpaired) electrons. The third-order valence-corrected chi connectivity index (χ3v) is 4.50. The Balaban J connectivity index is 1.71. The minimum absolute atomic E-state index is 0.113. The number of hydrogen-bond acceptors (Lipinski definition) is 3. The first-order valence-electron chi connectivity index (χ1n) is 8.57. The van der Waals surface area contributed by atoms with E-state index in [-0.39, 0.29) is 5.75 Å². The van der Waals surface area contributed by atoms with Crippen molar-refractivity contribution in [2.45, 2.75) is 13.5 Å². The van der Waals surface area contributed by atoms with Crippen LogP contribution < -0.4 is 10.1 Å². The zero-order chi connectivity index (χ0) is 20.1. The van der Waals surface area contributed by atoms with E-state index < -0.39 is 11.7 Å². The van der Waals surface area contributed by atoms with Gasteiger partial charge in [-0.05, 0) is 30.7 Å². The summed E-state index contributed by atoms with van der Waals surface area (Å²) in [7, 11) is 1.38. The smallest absolute Gasteiger partial charge is 0.248 e. The molecule has 0 aliphatic rings. The van der Waals surface area contributed by atoms with Gasteiger partial charge < -0.3 is 10.1 Å². The maximum absolute atomic E-state index is 13.7. The Kier molecular flexibility index (Phi) is 6.11. The van der Waals surface area contributed by atoms with Crippen molar-refractivity contribution in [2.75, 3.05) is 12.4 Å². The van der Waals surface area contributed by atoms with Gasteiger partial charge in [-0.3, -0.25) is 4.79 Å². The molecular weight excluding hydrogens is 381 g/mol.